The minimum Gasteiger partial charge on any atom is -0.505 e. The smallest absolute Gasteiger partial charge is 0.349 e. The number of sulfonamides is 1. The van der Waals surface area contributed by atoms with E-state index in [0.717, 1.165) is 24.4 Å². The number of rotatable bonds is 7. The first-order valence-electron chi connectivity index (χ1n) is 10.9. The molecule has 2 heterocycles. The molecular formula is C21H19Cl2F2N5O7S. The van der Waals surface area contributed by atoms with Gasteiger partial charge in [-0.1, -0.05) is 23.2 Å². The van der Waals surface area contributed by atoms with Crippen LogP contribution in [0, 0.1) is 0 Å². The maximum absolute atomic E-state index is 13.1. The van der Waals surface area contributed by atoms with E-state index < -0.39 is 56.2 Å². The zero-order valence-electron chi connectivity index (χ0n) is 19.1. The van der Waals surface area contributed by atoms with E-state index in [1.807, 2.05) is 0 Å². The van der Waals surface area contributed by atoms with Crippen molar-refractivity contribution >= 4 is 33.2 Å². The molecule has 0 saturated heterocycles. The van der Waals surface area contributed by atoms with Crippen molar-refractivity contribution in [3.63, 3.8) is 0 Å². The van der Waals surface area contributed by atoms with Gasteiger partial charge in [0.2, 0.25) is 15.9 Å². The highest BCUT2D eigenvalue weighted by atomic mass is 35.5. The maximum atomic E-state index is 13.1. The molecule has 0 radical (unpaired) electrons. The third-order valence-corrected chi connectivity index (χ3v) is 7.73. The summed E-state index contributed by atoms with van der Waals surface area (Å²) in [7, 11) is -4.21. The summed E-state index contributed by atoms with van der Waals surface area (Å²) in [5.41, 5.74) is -3.86. The molecule has 3 aromatic rings. The van der Waals surface area contributed by atoms with E-state index in [1.165, 1.54) is 0 Å². The first-order valence-corrected chi connectivity index (χ1v) is 13.2. The normalized spacial score (nSPS) is 18.1. The molecule has 1 aliphatic carbocycles. The van der Waals surface area contributed by atoms with Gasteiger partial charge in [0.15, 0.2) is 17.2 Å². The van der Waals surface area contributed by atoms with Gasteiger partial charge in [0.05, 0.1) is 28.0 Å². The number of aromatic amines is 1. The van der Waals surface area contributed by atoms with Crippen LogP contribution in [0.1, 0.15) is 37.8 Å². The molecular weight excluding hydrogens is 575 g/mol. The summed E-state index contributed by atoms with van der Waals surface area (Å²) < 4.78 is 60.4. The topological polar surface area (TPSA) is 176 Å². The highest BCUT2D eigenvalue weighted by Crippen LogP contribution is 2.38. The first kappa shape index (κ1) is 27.9. The molecule has 1 aliphatic rings. The number of halogens is 4. The summed E-state index contributed by atoms with van der Waals surface area (Å²) in [6, 6.07) is 2.68. The Labute approximate surface area is 222 Å². The van der Waals surface area contributed by atoms with Crippen molar-refractivity contribution in [2.24, 2.45) is 0 Å². The van der Waals surface area contributed by atoms with Crippen molar-refractivity contribution in [1.82, 2.24) is 24.5 Å². The van der Waals surface area contributed by atoms with Crippen molar-refractivity contribution in [2.75, 3.05) is 0 Å². The van der Waals surface area contributed by atoms with Crippen LogP contribution in [0.15, 0.2) is 38.9 Å². The Kier molecular flexibility index (Phi) is 8.04. The Morgan fingerprint density at radius 3 is 2.37 bits per heavy atom. The largest absolute Gasteiger partial charge is 0.505 e. The molecule has 12 nitrogen and oxygen atoms in total. The lowest BCUT2D eigenvalue weighted by Gasteiger charge is -2.26. The number of nitrogens with zero attached hydrogens (tertiary/aromatic N) is 3. The predicted octanol–water partition coefficient (Wildman–Crippen LogP) is 2.64. The average molecular weight is 594 g/mol. The van der Waals surface area contributed by atoms with Crippen LogP contribution in [0.5, 0.6) is 17.4 Å². The van der Waals surface area contributed by atoms with E-state index in [2.05, 4.69) is 14.8 Å². The van der Waals surface area contributed by atoms with Crippen LogP contribution < -0.4 is 20.7 Å². The summed E-state index contributed by atoms with van der Waals surface area (Å²) in [5, 5.41) is 22.6. The summed E-state index contributed by atoms with van der Waals surface area (Å²) in [5.74, 6) is -1.20. The molecule has 1 aromatic carbocycles. The van der Waals surface area contributed by atoms with E-state index in [9.17, 15) is 37.0 Å². The molecule has 38 heavy (non-hydrogen) atoms. The van der Waals surface area contributed by atoms with Gasteiger partial charge in [-0.2, -0.15) is 9.78 Å². The SMILES string of the molecule is O=c1[nH]c(=O)n(-c2cc(Cl)c(Oc3cc(S(=O)(=O)NC4CCC(O)CC4)c(O)cn3)c(Cl)c2)nc1C(F)F. The minimum atomic E-state index is -4.21. The second kappa shape index (κ2) is 10.9. The van der Waals surface area contributed by atoms with Gasteiger partial charge in [0, 0.05) is 12.1 Å². The van der Waals surface area contributed by atoms with Crippen LogP contribution in [-0.4, -0.2) is 50.5 Å². The van der Waals surface area contributed by atoms with Gasteiger partial charge in [-0.05, 0) is 37.8 Å². The Bertz CT molecular complexity index is 1570. The molecule has 4 N–H and O–H groups in total. The van der Waals surface area contributed by atoms with E-state index in [4.69, 9.17) is 27.9 Å². The Morgan fingerprint density at radius 2 is 1.76 bits per heavy atom. The van der Waals surface area contributed by atoms with Crippen LogP contribution in [0.25, 0.3) is 5.69 Å². The summed E-state index contributed by atoms with van der Waals surface area (Å²) in [6.07, 6.45) is -1.21. The van der Waals surface area contributed by atoms with Crippen molar-refractivity contribution in [3.05, 3.63) is 61.0 Å². The fraction of sp³-hybridized carbons (Fsp3) is 0.333. The van der Waals surface area contributed by atoms with Gasteiger partial charge in [0.1, 0.15) is 4.90 Å². The highest BCUT2D eigenvalue weighted by molar-refractivity contribution is 7.89. The van der Waals surface area contributed by atoms with Crippen LogP contribution >= 0.6 is 23.2 Å². The average Bonchev–Trinajstić information content (AvgIpc) is 2.83. The number of aliphatic hydroxyl groups excluding tert-OH is 1. The molecule has 2 aromatic heterocycles. The Balaban J connectivity index is 1.63. The van der Waals surface area contributed by atoms with E-state index in [1.54, 1.807) is 4.98 Å². The first-order chi connectivity index (χ1) is 17.9. The van der Waals surface area contributed by atoms with Crippen LogP contribution in [0.4, 0.5) is 8.78 Å². The highest BCUT2D eigenvalue weighted by Gasteiger charge is 2.28. The van der Waals surface area contributed by atoms with E-state index >= 15 is 0 Å². The lowest BCUT2D eigenvalue weighted by atomic mass is 9.94. The van der Waals surface area contributed by atoms with Crippen LogP contribution in [0.2, 0.25) is 10.0 Å². The van der Waals surface area contributed by atoms with Gasteiger partial charge < -0.3 is 14.9 Å². The lowest BCUT2D eigenvalue weighted by Crippen LogP contribution is -2.38. The third-order valence-electron chi connectivity index (χ3n) is 5.62. The second-order valence-electron chi connectivity index (χ2n) is 8.31. The van der Waals surface area contributed by atoms with Gasteiger partial charge in [0.25, 0.3) is 12.0 Å². The molecule has 17 heteroatoms. The Hall–Kier alpha value is -3.11. The molecule has 1 fully saturated rings. The lowest BCUT2D eigenvalue weighted by molar-refractivity contribution is 0.120. The molecule has 0 spiro atoms. The van der Waals surface area contributed by atoms with Crippen LogP contribution in [0.3, 0.4) is 0 Å². The number of hydrogen-bond donors (Lipinski definition) is 4. The fourth-order valence-electron chi connectivity index (χ4n) is 3.76. The molecule has 0 bridgehead atoms. The van der Waals surface area contributed by atoms with Crippen molar-refractivity contribution in [2.45, 2.75) is 49.2 Å². The molecule has 1 saturated carbocycles. The summed E-state index contributed by atoms with van der Waals surface area (Å²) in [4.78, 5) is 28.7. The van der Waals surface area contributed by atoms with Crippen molar-refractivity contribution < 1.29 is 32.1 Å². The maximum Gasteiger partial charge on any atom is 0.349 e. The zero-order chi connectivity index (χ0) is 27.8. The van der Waals surface area contributed by atoms with Gasteiger partial charge >= 0.3 is 5.69 Å². The molecule has 0 aliphatic heterocycles. The number of H-pyrrole nitrogens is 1. The van der Waals surface area contributed by atoms with Crippen molar-refractivity contribution in [3.8, 4) is 23.1 Å². The quantitative estimate of drug-likeness (QED) is 0.320. The minimum absolute atomic E-state index is 0.181. The van der Waals surface area contributed by atoms with Crippen molar-refractivity contribution in [1.29, 1.82) is 0 Å². The third kappa shape index (κ3) is 5.96. The van der Waals surface area contributed by atoms with Crippen LogP contribution in [-0.2, 0) is 10.0 Å². The number of benzene rings is 1. The number of aliphatic hydroxyl groups is 1. The fourth-order valence-corrected chi connectivity index (χ4v) is 5.70. The molecule has 204 valence electrons. The number of pyridine rings is 1. The van der Waals surface area contributed by atoms with Gasteiger partial charge in [-0.25, -0.2) is 31.7 Å². The molecule has 0 unspecified atom stereocenters. The summed E-state index contributed by atoms with van der Waals surface area (Å²) in [6.45, 7) is 0. The number of aromatic nitrogens is 4. The number of aromatic hydroxyl groups is 1. The monoisotopic (exact) mass is 593 g/mol. The van der Waals surface area contributed by atoms with Gasteiger partial charge in [-0.15, -0.1) is 0 Å². The number of nitrogens with one attached hydrogen (secondary N) is 2. The summed E-state index contributed by atoms with van der Waals surface area (Å²) >= 11 is 12.4. The standard InChI is InChI=1S/C21H19Cl2F2N5O7S/c22-12-5-10(30-21(34)27-20(33)17(28-30)19(24)25)6-13(23)18(12)37-16-7-15(14(32)8-26-16)38(35,36)29-9-1-3-11(31)4-2-9/h5-9,11,19,29,31-32H,1-4H2,(H,27,33,34). The number of ether oxygens (including phenoxy) is 1. The van der Waals surface area contributed by atoms with E-state index in [0.29, 0.717) is 30.4 Å². The number of alkyl halides is 2. The van der Waals surface area contributed by atoms with E-state index in [-0.39, 0.29) is 27.4 Å². The number of hydrogen-bond acceptors (Lipinski definition) is 9. The zero-order valence-corrected chi connectivity index (χ0v) is 21.4. The molecule has 4 rings (SSSR count). The second-order valence-corrected chi connectivity index (χ2v) is 10.8. The molecule has 0 atom stereocenters. The predicted molar refractivity (Wildman–Crippen MR) is 130 cm³/mol. The molecule has 0 amide bonds. The Morgan fingerprint density at radius 1 is 1.13 bits per heavy atom. The van der Waals surface area contributed by atoms with Gasteiger partial charge in [-0.3, -0.25) is 9.78 Å².